The van der Waals surface area contributed by atoms with Gasteiger partial charge >= 0.3 is 5.97 Å². The first kappa shape index (κ1) is 24.9. The molecule has 4 aromatic rings. The van der Waals surface area contributed by atoms with Crippen molar-refractivity contribution in [2.75, 3.05) is 19.0 Å². The molecule has 6 heteroatoms. The molecule has 1 amide bonds. The molecule has 6 nitrogen and oxygen atoms in total. The molecule has 0 atom stereocenters. The molecule has 3 aromatic carbocycles. The van der Waals surface area contributed by atoms with Gasteiger partial charge in [0, 0.05) is 16.6 Å². The summed E-state index contributed by atoms with van der Waals surface area (Å²) >= 11 is 0. The summed E-state index contributed by atoms with van der Waals surface area (Å²) in [5.74, 6) is 0.382. The number of esters is 1. The van der Waals surface area contributed by atoms with E-state index in [0.29, 0.717) is 29.1 Å². The first-order valence-electron chi connectivity index (χ1n) is 11.9. The van der Waals surface area contributed by atoms with Crippen molar-refractivity contribution in [3.8, 4) is 17.0 Å². The summed E-state index contributed by atoms with van der Waals surface area (Å²) in [7, 11) is 1.62. The highest BCUT2D eigenvalue weighted by atomic mass is 16.5. The number of fused-ring (bicyclic) bond motifs is 1. The first-order chi connectivity index (χ1) is 17.2. The summed E-state index contributed by atoms with van der Waals surface area (Å²) in [4.78, 5) is 30.6. The number of nitrogens with zero attached hydrogens (tertiary/aromatic N) is 1. The second-order valence-electron chi connectivity index (χ2n) is 9.29. The number of hydrogen-bond donors (Lipinski definition) is 1. The molecule has 0 aliphatic carbocycles. The normalized spacial score (nSPS) is 10.9. The third kappa shape index (κ3) is 5.54. The van der Waals surface area contributed by atoms with E-state index in [1.54, 1.807) is 31.4 Å². The van der Waals surface area contributed by atoms with E-state index in [4.69, 9.17) is 14.5 Å². The number of nitrogens with one attached hydrogen (secondary N) is 1. The highest BCUT2D eigenvalue weighted by molar-refractivity contribution is 6.13. The number of methoxy groups -OCH3 is 1. The first-order valence-corrected chi connectivity index (χ1v) is 11.9. The molecule has 0 aliphatic heterocycles. The molecule has 0 bridgehead atoms. The van der Waals surface area contributed by atoms with Crippen molar-refractivity contribution in [2.24, 2.45) is 5.92 Å². The van der Waals surface area contributed by atoms with Crippen molar-refractivity contribution in [2.45, 2.75) is 27.7 Å². The predicted octanol–water partition coefficient (Wildman–Crippen LogP) is 6.59. The number of carbonyl (C=O) groups is 2. The second-order valence-corrected chi connectivity index (χ2v) is 9.29. The molecule has 36 heavy (non-hydrogen) atoms. The zero-order valence-electron chi connectivity index (χ0n) is 21.2. The number of aromatic nitrogens is 1. The second kappa shape index (κ2) is 10.6. The molecule has 0 saturated carbocycles. The predicted molar refractivity (Wildman–Crippen MR) is 143 cm³/mol. The molecule has 0 fully saturated rings. The SMILES string of the molecule is COc1ccc(-c2cc(C(=O)Nc3ccc(C(=O)OCC(C)C)cc3)c3cc(C)cc(C)c3n2)cc1. The molecule has 4 rings (SSSR count). The van der Waals surface area contributed by atoms with Crippen LogP contribution in [0, 0.1) is 19.8 Å². The molecule has 0 unspecified atom stereocenters. The minimum atomic E-state index is -0.378. The van der Waals surface area contributed by atoms with Crippen LogP contribution < -0.4 is 10.1 Å². The third-order valence-corrected chi connectivity index (χ3v) is 5.80. The largest absolute Gasteiger partial charge is 0.497 e. The average molecular weight is 483 g/mol. The highest BCUT2D eigenvalue weighted by Gasteiger charge is 2.17. The molecule has 0 spiro atoms. The van der Waals surface area contributed by atoms with Gasteiger partial charge in [-0.2, -0.15) is 0 Å². The highest BCUT2D eigenvalue weighted by Crippen LogP contribution is 2.29. The van der Waals surface area contributed by atoms with Gasteiger partial charge in [-0.3, -0.25) is 4.79 Å². The van der Waals surface area contributed by atoms with Crippen molar-refractivity contribution in [3.05, 3.63) is 89.0 Å². The lowest BCUT2D eigenvalue weighted by Crippen LogP contribution is -2.14. The summed E-state index contributed by atoms with van der Waals surface area (Å²) in [5.41, 5.74) is 5.97. The molecule has 0 aliphatic rings. The van der Waals surface area contributed by atoms with Gasteiger partial charge in [0.15, 0.2) is 0 Å². The van der Waals surface area contributed by atoms with Gasteiger partial charge in [0.05, 0.1) is 36.1 Å². The van der Waals surface area contributed by atoms with Crippen LogP contribution in [-0.2, 0) is 4.74 Å². The summed E-state index contributed by atoms with van der Waals surface area (Å²) < 4.78 is 10.5. The van der Waals surface area contributed by atoms with Crippen molar-refractivity contribution in [3.63, 3.8) is 0 Å². The van der Waals surface area contributed by atoms with E-state index in [-0.39, 0.29) is 17.8 Å². The van der Waals surface area contributed by atoms with Gasteiger partial charge in [-0.15, -0.1) is 0 Å². The van der Waals surface area contributed by atoms with Crippen molar-refractivity contribution in [1.29, 1.82) is 0 Å². The van der Waals surface area contributed by atoms with Crippen molar-refractivity contribution >= 4 is 28.5 Å². The number of ether oxygens (including phenoxy) is 2. The van der Waals surface area contributed by atoms with E-state index in [1.165, 1.54) is 0 Å². The lowest BCUT2D eigenvalue weighted by atomic mass is 9.99. The Morgan fingerprint density at radius 3 is 2.28 bits per heavy atom. The van der Waals surface area contributed by atoms with E-state index in [0.717, 1.165) is 33.3 Å². The number of carbonyl (C=O) groups excluding carboxylic acids is 2. The fourth-order valence-corrected chi connectivity index (χ4v) is 3.99. The smallest absolute Gasteiger partial charge is 0.338 e. The van der Waals surface area contributed by atoms with Gasteiger partial charge in [-0.25, -0.2) is 9.78 Å². The summed E-state index contributed by atoms with van der Waals surface area (Å²) in [6.45, 7) is 8.33. The number of benzene rings is 3. The standard InChI is InChI=1S/C30H30N2O4/c1-18(2)17-36-30(34)22-6-10-23(11-7-22)31-29(33)26-16-27(21-8-12-24(35-5)13-9-21)32-28-20(4)14-19(3)15-25(26)28/h6-16,18H,17H2,1-5H3,(H,31,33). The Morgan fingerprint density at radius 1 is 0.944 bits per heavy atom. The maximum absolute atomic E-state index is 13.5. The van der Waals surface area contributed by atoms with Gasteiger partial charge in [0.25, 0.3) is 5.91 Å². The quantitative estimate of drug-likeness (QED) is 0.301. The molecule has 1 heterocycles. The van der Waals surface area contributed by atoms with Crippen LogP contribution in [0.5, 0.6) is 5.75 Å². The number of hydrogen-bond acceptors (Lipinski definition) is 5. The molecule has 0 saturated heterocycles. The molecule has 1 N–H and O–H groups in total. The van der Waals surface area contributed by atoms with E-state index in [9.17, 15) is 9.59 Å². The Bertz CT molecular complexity index is 1410. The van der Waals surface area contributed by atoms with Gasteiger partial charge in [0.2, 0.25) is 0 Å². The summed E-state index contributed by atoms with van der Waals surface area (Å²) in [6.07, 6.45) is 0. The number of amides is 1. The molecule has 0 radical (unpaired) electrons. The fourth-order valence-electron chi connectivity index (χ4n) is 3.99. The van der Waals surface area contributed by atoms with E-state index in [1.807, 2.05) is 64.1 Å². The summed E-state index contributed by atoms with van der Waals surface area (Å²) in [6, 6.07) is 20.2. The Labute approximate surface area is 211 Å². The molecular weight excluding hydrogens is 452 g/mol. The van der Waals surface area contributed by atoms with Crippen molar-refractivity contribution < 1.29 is 19.1 Å². The maximum atomic E-state index is 13.5. The Hall–Kier alpha value is -4.19. The Kier molecular flexibility index (Phi) is 7.34. The van der Waals surface area contributed by atoms with E-state index in [2.05, 4.69) is 11.4 Å². The number of aryl methyl sites for hydroxylation is 2. The van der Waals surface area contributed by atoms with E-state index < -0.39 is 0 Å². The van der Waals surface area contributed by atoms with Gasteiger partial charge in [0.1, 0.15) is 5.75 Å². The number of pyridine rings is 1. The van der Waals surface area contributed by atoms with Gasteiger partial charge in [-0.1, -0.05) is 25.5 Å². The topological polar surface area (TPSA) is 77.5 Å². The lowest BCUT2D eigenvalue weighted by molar-refractivity contribution is 0.0459. The van der Waals surface area contributed by atoms with Crippen LogP contribution >= 0.6 is 0 Å². The average Bonchev–Trinajstić information content (AvgIpc) is 2.87. The van der Waals surface area contributed by atoms with Crippen LogP contribution in [0.3, 0.4) is 0 Å². The zero-order chi connectivity index (χ0) is 25.8. The Morgan fingerprint density at radius 2 is 1.64 bits per heavy atom. The molecule has 1 aromatic heterocycles. The van der Waals surface area contributed by atoms with Crippen LogP contribution in [0.2, 0.25) is 0 Å². The zero-order valence-corrected chi connectivity index (χ0v) is 21.2. The number of anilines is 1. The fraction of sp³-hybridized carbons (Fsp3) is 0.233. The third-order valence-electron chi connectivity index (χ3n) is 5.80. The van der Waals surface area contributed by atoms with Crippen molar-refractivity contribution in [1.82, 2.24) is 4.98 Å². The molecular formula is C30H30N2O4. The maximum Gasteiger partial charge on any atom is 0.338 e. The molecule has 184 valence electrons. The van der Waals surface area contributed by atoms with Crippen LogP contribution in [0.15, 0.2) is 66.7 Å². The Balaban J connectivity index is 1.67. The van der Waals surface area contributed by atoms with Crippen LogP contribution in [0.25, 0.3) is 22.2 Å². The minimum Gasteiger partial charge on any atom is -0.497 e. The van der Waals surface area contributed by atoms with Crippen LogP contribution in [0.4, 0.5) is 5.69 Å². The van der Waals surface area contributed by atoms with Crippen LogP contribution in [-0.4, -0.2) is 30.6 Å². The van der Waals surface area contributed by atoms with Gasteiger partial charge < -0.3 is 14.8 Å². The van der Waals surface area contributed by atoms with Gasteiger partial charge in [-0.05, 0) is 86.0 Å². The summed E-state index contributed by atoms with van der Waals surface area (Å²) in [5, 5.41) is 3.75. The van der Waals surface area contributed by atoms with Crippen LogP contribution in [0.1, 0.15) is 45.7 Å². The monoisotopic (exact) mass is 482 g/mol. The number of rotatable bonds is 7. The van der Waals surface area contributed by atoms with E-state index >= 15 is 0 Å². The minimum absolute atomic E-state index is 0.253. The lowest BCUT2D eigenvalue weighted by Gasteiger charge is -2.13.